The van der Waals surface area contributed by atoms with Crippen molar-refractivity contribution in [3.63, 3.8) is 0 Å². The largest absolute Gasteiger partial charge is 0.430 e. The van der Waals surface area contributed by atoms with E-state index >= 15 is 0 Å². The normalized spacial score (nSPS) is 19.9. The number of carbonyl (C=O) groups is 2. The Hall–Kier alpha value is -1.81. The molecule has 3 nitrogen and oxygen atoms in total. The predicted octanol–water partition coefficient (Wildman–Crippen LogP) is 5.95. The van der Waals surface area contributed by atoms with Gasteiger partial charge in [0.05, 0.1) is 11.0 Å². The van der Waals surface area contributed by atoms with Gasteiger partial charge in [0.2, 0.25) is 0 Å². The molecule has 0 atom stereocenters. The van der Waals surface area contributed by atoms with Crippen LogP contribution >= 0.6 is 11.8 Å². The molecule has 1 aliphatic heterocycles. The molecule has 1 fully saturated rings. The molecule has 0 amide bonds. The van der Waals surface area contributed by atoms with Gasteiger partial charge in [-0.3, -0.25) is 9.59 Å². The van der Waals surface area contributed by atoms with Crippen molar-refractivity contribution in [1.82, 2.24) is 0 Å². The SMILES string of the molecule is Cc1cc(C)c(C2=C(OC(=O)C(C)(C)C)CC(=CC3CCSCC3)C2=O)c(C)c1. The Bertz CT molecular complexity index is 870. The number of hydrogen-bond donors (Lipinski definition) is 0. The molecule has 3 rings (SSSR count). The summed E-state index contributed by atoms with van der Waals surface area (Å²) in [7, 11) is 0. The van der Waals surface area contributed by atoms with E-state index in [4.69, 9.17) is 4.74 Å². The summed E-state index contributed by atoms with van der Waals surface area (Å²) in [4.78, 5) is 26.1. The maximum atomic E-state index is 13.5. The molecule has 0 aromatic heterocycles. The zero-order valence-corrected chi connectivity index (χ0v) is 19.3. The van der Waals surface area contributed by atoms with Crippen LogP contribution in [0.4, 0.5) is 0 Å². The fourth-order valence-electron chi connectivity index (χ4n) is 4.11. The van der Waals surface area contributed by atoms with E-state index in [1.807, 2.05) is 46.4 Å². The average Bonchev–Trinajstić information content (AvgIpc) is 2.90. The van der Waals surface area contributed by atoms with Crippen LogP contribution in [0, 0.1) is 32.1 Å². The molecule has 0 N–H and O–H groups in total. The molecule has 1 aromatic carbocycles. The highest BCUT2D eigenvalue weighted by Crippen LogP contribution is 2.40. The Morgan fingerprint density at radius 2 is 1.69 bits per heavy atom. The van der Waals surface area contributed by atoms with Crippen molar-refractivity contribution >= 4 is 29.1 Å². The third kappa shape index (κ3) is 4.85. The topological polar surface area (TPSA) is 43.4 Å². The summed E-state index contributed by atoms with van der Waals surface area (Å²) in [5, 5.41) is 0. The van der Waals surface area contributed by atoms with Gasteiger partial charge >= 0.3 is 5.97 Å². The van der Waals surface area contributed by atoms with Crippen LogP contribution in [0.2, 0.25) is 0 Å². The van der Waals surface area contributed by atoms with Gasteiger partial charge in [0, 0.05) is 12.0 Å². The number of rotatable bonds is 3. The Kier molecular flexibility index (Phi) is 6.42. The molecule has 1 aromatic rings. The van der Waals surface area contributed by atoms with Crippen molar-refractivity contribution in [2.24, 2.45) is 11.3 Å². The van der Waals surface area contributed by atoms with E-state index in [9.17, 15) is 9.59 Å². The quantitative estimate of drug-likeness (QED) is 0.454. The lowest BCUT2D eigenvalue weighted by atomic mass is 9.91. The summed E-state index contributed by atoms with van der Waals surface area (Å²) in [6, 6.07) is 4.18. The van der Waals surface area contributed by atoms with Crippen LogP contribution < -0.4 is 0 Å². The highest BCUT2D eigenvalue weighted by Gasteiger charge is 2.36. The summed E-state index contributed by atoms with van der Waals surface area (Å²) < 4.78 is 5.85. The van der Waals surface area contributed by atoms with Crippen molar-refractivity contribution in [2.45, 2.75) is 60.8 Å². The number of allylic oxidation sites excluding steroid dienone is 3. The van der Waals surface area contributed by atoms with Crippen LogP contribution in [0.1, 0.15) is 62.3 Å². The summed E-state index contributed by atoms with van der Waals surface area (Å²) in [5.74, 6) is 2.97. The fraction of sp³-hybridized carbons (Fsp3) is 0.520. The van der Waals surface area contributed by atoms with E-state index in [1.54, 1.807) is 0 Å². The monoisotopic (exact) mass is 412 g/mol. The van der Waals surface area contributed by atoms with Crippen LogP contribution in [0.3, 0.4) is 0 Å². The van der Waals surface area contributed by atoms with Gasteiger partial charge < -0.3 is 4.74 Å². The van der Waals surface area contributed by atoms with E-state index in [0.717, 1.165) is 46.6 Å². The lowest BCUT2D eigenvalue weighted by Gasteiger charge is -2.19. The maximum absolute atomic E-state index is 13.5. The molecule has 1 heterocycles. The van der Waals surface area contributed by atoms with Gasteiger partial charge in [-0.25, -0.2) is 0 Å². The minimum Gasteiger partial charge on any atom is -0.430 e. The molecule has 0 unspecified atom stereocenters. The van der Waals surface area contributed by atoms with Crippen molar-refractivity contribution < 1.29 is 14.3 Å². The first kappa shape index (κ1) is 21.9. The molecular formula is C25H32O3S. The molecule has 156 valence electrons. The molecule has 4 heteroatoms. The van der Waals surface area contributed by atoms with Gasteiger partial charge in [-0.1, -0.05) is 23.8 Å². The smallest absolute Gasteiger partial charge is 0.316 e. The standard InChI is InChI=1S/C25H32O3S/c1-15-11-16(2)21(17(3)12-15)22-20(28-24(27)25(4,5)6)14-19(23(22)26)13-18-7-9-29-10-8-18/h11-13,18H,7-10,14H2,1-6H3. The Morgan fingerprint density at radius 3 is 2.24 bits per heavy atom. The number of Topliss-reactive ketones (excluding diaryl/α,β-unsaturated/α-hetero) is 1. The summed E-state index contributed by atoms with van der Waals surface area (Å²) in [6.45, 7) is 11.6. The van der Waals surface area contributed by atoms with Crippen LogP contribution in [-0.4, -0.2) is 23.3 Å². The van der Waals surface area contributed by atoms with Crippen LogP contribution in [0.15, 0.2) is 29.5 Å². The van der Waals surface area contributed by atoms with Crippen molar-refractivity contribution in [3.05, 3.63) is 51.8 Å². The molecule has 1 saturated heterocycles. The lowest BCUT2D eigenvalue weighted by Crippen LogP contribution is -2.22. The van der Waals surface area contributed by atoms with Gasteiger partial charge in [0.15, 0.2) is 5.78 Å². The second-order valence-electron chi connectivity index (χ2n) is 9.36. The summed E-state index contributed by atoms with van der Waals surface area (Å²) in [5.41, 5.74) is 4.92. The fourth-order valence-corrected chi connectivity index (χ4v) is 5.25. The van der Waals surface area contributed by atoms with E-state index in [-0.39, 0.29) is 11.8 Å². The van der Waals surface area contributed by atoms with E-state index in [0.29, 0.717) is 23.7 Å². The molecule has 2 aliphatic rings. The van der Waals surface area contributed by atoms with Crippen LogP contribution in [-0.2, 0) is 14.3 Å². The van der Waals surface area contributed by atoms with Crippen molar-refractivity contribution in [3.8, 4) is 0 Å². The van der Waals surface area contributed by atoms with Crippen LogP contribution in [0.5, 0.6) is 0 Å². The van der Waals surface area contributed by atoms with E-state index in [2.05, 4.69) is 25.1 Å². The predicted molar refractivity (Wildman–Crippen MR) is 121 cm³/mol. The number of carbonyl (C=O) groups excluding carboxylic acids is 2. The average molecular weight is 413 g/mol. The first-order chi connectivity index (χ1) is 13.6. The Labute approximate surface area is 179 Å². The number of hydrogen-bond acceptors (Lipinski definition) is 4. The lowest BCUT2D eigenvalue weighted by molar-refractivity contribution is -0.148. The molecule has 1 aliphatic carbocycles. The zero-order valence-electron chi connectivity index (χ0n) is 18.5. The van der Waals surface area contributed by atoms with Crippen LogP contribution in [0.25, 0.3) is 5.57 Å². The number of thioether (sulfide) groups is 1. The second kappa shape index (κ2) is 8.51. The molecule has 0 spiro atoms. The highest BCUT2D eigenvalue weighted by molar-refractivity contribution is 7.99. The minimum absolute atomic E-state index is 0.0231. The first-order valence-electron chi connectivity index (χ1n) is 10.4. The molecule has 29 heavy (non-hydrogen) atoms. The second-order valence-corrected chi connectivity index (χ2v) is 10.6. The minimum atomic E-state index is -0.619. The van der Waals surface area contributed by atoms with Crippen molar-refractivity contribution in [1.29, 1.82) is 0 Å². The molecular weight excluding hydrogens is 380 g/mol. The van der Waals surface area contributed by atoms with E-state index in [1.165, 1.54) is 5.56 Å². The van der Waals surface area contributed by atoms with Gasteiger partial charge in [0.1, 0.15) is 5.76 Å². The van der Waals surface area contributed by atoms with Gasteiger partial charge in [0.25, 0.3) is 0 Å². The summed E-state index contributed by atoms with van der Waals surface area (Å²) in [6.07, 6.45) is 4.78. The zero-order chi connectivity index (χ0) is 21.3. The Balaban J connectivity index is 2.05. The van der Waals surface area contributed by atoms with Gasteiger partial charge in [-0.15, -0.1) is 0 Å². The van der Waals surface area contributed by atoms with E-state index < -0.39 is 5.41 Å². The molecule has 0 saturated carbocycles. The number of benzene rings is 1. The number of ether oxygens (including phenoxy) is 1. The van der Waals surface area contributed by atoms with Gasteiger partial charge in [-0.2, -0.15) is 11.8 Å². The maximum Gasteiger partial charge on any atom is 0.316 e. The van der Waals surface area contributed by atoms with Crippen molar-refractivity contribution in [2.75, 3.05) is 11.5 Å². The van der Waals surface area contributed by atoms with Gasteiger partial charge in [-0.05, 0) is 88.5 Å². The molecule has 0 radical (unpaired) electrons. The molecule has 0 bridgehead atoms. The Morgan fingerprint density at radius 1 is 1.10 bits per heavy atom. The first-order valence-corrected chi connectivity index (χ1v) is 11.6. The highest BCUT2D eigenvalue weighted by atomic mass is 32.2. The number of esters is 1. The third-order valence-corrected chi connectivity index (χ3v) is 6.66. The third-order valence-electron chi connectivity index (χ3n) is 5.61. The number of ketones is 1. The number of aryl methyl sites for hydroxylation is 3. The summed E-state index contributed by atoms with van der Waals surface area (Å²) >= 11 is 1.98.